The number of nitrogens with zero attached hydrogens (tertiary/aromatic N) is 4. The van der Waals surface area contributed by atoms with Crippen LogP contribution in [0.15, 0.2) is 79.4 Å². The van der Waals surface area contributed by atoms with Gasteiger partial charge in [0.2, 0.25) is 0 Å². The van der Waals surface area contributed by atoms with E-state index in [4.69, 9.17) is 11.6 Å². The Bertz CT molecular complexity index is 1070. The summed E-state index contributed by atoms with van der Waals surface area (Å²) in [5.74, 6) is 0.554. The van der Waals surface area contributed by atoms with Crippen LogP contribution in [0, 0.1) is 0 Å². The molecule has 0 aliphatic carbocycles. The molecule has 0 aliphatic rings. The van der Waals surface area contributed by atoms with Gasteiger partial charge in [0.15, 0.2) is 0 Å². The van der Waals surface area contributed by atoms with Crippen molar-refractivity contribution in [2.75, 3.05) is 0 Å². The summed E-state index contributed by atoms with van der Waals surface area (Å²) in [5.41, 5.74) is 2.35. The Morgan fingerprint density at radius 2 is 1.79 bits per heavy atom. The number of carbonyl (C=O) groups excluding carboxylic acids is 1. The van der Waals surface area contributed by atoms with E-state index >= 15 is 0 Å². The van der Waals surface area contributed by atoms with Crippen molar-refractivity contribution in [2.45, 2.75) is 6.04 Å². The molecule has 0 aliphatic heterocycles. The average Bonchev–Trinajstić information content (AvgIpc) is 3.39. The van der Waals surface area contributed by atoms with Crippen LogP contribution in [0.3, 0.4) is 0 Å². The van der Waals surface area contributed by atoms with E-state index in [1.165, 1.54) is 0 Å². The highest BCUT2D eigenvalue weighted by Gasteiger charge is 2.21. The molecule has 7 heteroatoms. The zero-order valence-corrected chi connectivity index (χ0v) is 15.9. The molecule has 4 aromatic rings. The van der Waals surface area contributed by atoms with Crippen LogP contribution in [0.5, 0.6) is 0 Å². The third-order valence-electron chi connectivity index (χ3n) is 4.49. The molecule has 6 nitrogen and oxygen atoms in total. The van der Waals surface area contributed by atoms with Crippen LogP contribution in [0.1, 0.15) is 27.8 Å². The predicted molar refractivity (Wildman–Crippen MR) is 108 cm³/mol. The van der Waals surface area contributed by atoms with Crippen LogP contribution in [0.4, 0.5) is 0 Å². The normalized spacial score (nSPS) is 11.9. The van der Waals surface area contributed by atoms with Gasteiger partial charge in [-0.2, -0.15) is 5.10 Å². The van der Waals surface area contributed by atoms with Crippen LogP contribution in [-0.2, 0) is 7.05 Å². The van der Waals surface area contributed by atoms with Crippen LogP contribution in [0.2, 0.25) is 5.02 Å². The van der Waals surface area contributed by atoms with Crippen molar-refractivity contribution in [3.63, 3.8) is 0 Å². The Kier molecular flexibility index (Phi) is 4.95. The van der Waals surface area contributed by atoms with Crippen molar-refractivity contribution in [3.8, 4) is 5.69 Å². The first-order chi connectivity index (χ1) is 13.6. The molecule has 4 rings (SSSR count). The van der Waals surface area contributed by atoms with Crippen molar-refractivity contribution < 1.29 is 4.79 Å². The van der Waals surface area contributed by atoms with Crippen LogP contribution in [-0.4, -0.2) is 25.2 Å². The second-order valence-corrected chi connectivity index (χ2v) is 6.79. The number of imidazole rings is 1. The topological polar surface area (TPSA) is 64.7 Å². The minimum absolute atomic E-state index is 0.185. The molecule has 0 bridgehead atoms. The second-order valence-electron chi connectivity index (χ2n) is 6.35. The highest BCUT2D eigenvalue weighted by Crippen LogP contribution is 2.23. The van der Waals surface area contributed by atoms with E-state index in [2.05, 4.69) is 15.4 Å². The lowest BCUT2D eigenvalue weighted by Gasteiger charge is -2.19. The molecule has 140 valence electrons. The molecule has 2 aromatic carbocycles. The van der Waals surface area contributed by atoms with Gasteiger partial charge in [0, 0.05) is 42.4 Å². The van der Waals surface area contributed by atoms with E-state index in [0.29, 0.717) is 10.6 Å². The monoisotopic (exact) mass is 391 g/mol. The Balaban J connectivity index is 1.60. The standard InChI is InChI=1S/C21H18ClN5O/c1-26-14-12-23-20(26)19(15-3-7-17(22)8-4-15)25-21(28)16-5-9-18(10-6-16)27-13-2-11-24-27/h2-14,19H,1H3,(H,25,28)/t19-/m1/s1. The summed E-state index contributed by atoms with van der Waals surface area (Å²) in [6.07, 6.45) is 7.13. The molecule has 0 spiro atoms. The molecule has 0 unspecified atom stereocenters. The molecular formula is C21H18ClN5O. The smallest absolute Gasteiger partial charge is 0.252 e. The molecular weight excluding hydrogens is 374 g/mol. The molecule has 1 atom stereocenters. The van der Waals surface area contributed by atoms with E-state index in [1.807, 2.05) is 54.3 Å². The number of hydrogen-bond donors (Lipinski definition) is 1. The molecule has 2 heterocycles. The van der Waals surface area contributed by atoms with Gasteiger partial charge >= 0.3 is 0 Å². The van der Waals surface area contributed by atoms with Gasteiger partial charge in [0.05, 0.1) is 5.69 Å². The predicted octanol–water partition coefficient (Wildman–Crippen LogP) is 3.78. The number of nitrogens with one attached hydrogen (secondary N) is 1. The van der Waals surface area contributed by atoms with E-state index in [9.17, 15) is 4.79 Å². The van der Waals surface area contributed by atoms with Gasteiger partial charge in [-0.15, -0.1) is 0 Å². The molecule has 1 amide bonds. The van der Waals surface area contributed by atoms with E-state index in [0.717, 1.165) is 17.1 Å². The summed E-state index contributed by atoms with van der Waals surface area (Å²) < 4.78 is 3.63. The van der Waals surface area contributed by atoms with Crippen molar-refractivity contribution in [1.29, 1.82) is 0 Å². The number of amides is 1. The maximum atomic E-state index is 12.9. The maximum Gasteiger partial charge on any atom is 0.252 e. The fourth-order valence-electron chi connectivity index (χ4n) is 3.01. The van der Waals surface area contributed by atoms with Crippen LogP contribution >= 0.6 is 11.6 Å². The number of hydrogen-bond acceptors (Lipinski definition) is 3. The number of benzene rings is 2. The molecule has 0 saturated heterocycles. The minimum atomic E-state index is -0.393. The lowest BCUT2D eigenvalue weighted by Crippen LogP contribution is -2.31. The van der Waals surface area contributed by atoms with Gasteiger partial charge in [-0.1, -0.05) is 23.7 Å². The number of carbonyl (C=O) groups is 1. The van der Waals surface area contributed by atoms with Gasteiger partial charge in [-0.25, -0.2) is 9.67 Å². The Morgan fingerprint density at radius 1 is 1.04 bits per heavy atom. The lowest BCUT2D eigenvalue weighted by molar-refractivity contribution is 0.0941. The molecule has 0 fully saturated rings. The Labute approximate surface area is 167 Å². The highest BCUT2D eigenvalue weighted by molar-refractivity contribution is 6.30. The summed E-state index contributed by atoms with van der Waals surface area (Å²) in [5, 5.41) is 7.91. The molecule has 0 radical (unpaired) electrons. The quantitative estimate of drug-likeness (QED) is 0.563. The highest BCUT2D eigenvalue weighted by atomic mass is 35.5. The fourth-order valence-corrected chi connectivity index (χ4v) is 3.13. The zero-order valence-electron chi connectivity index (χ0n) is 15.2. The molecule has 1 N–H and O–H groups in total. The van der Waals surface area contributed by atoms with E-state index < -0.39 is 6.04 Å². The first kappa shape index (κ1) is 18.0. The molecule has 2 aromatic heterocycles. The maximum absolute atomic E-state index is 12.9. The van der Waals surface area contributed by atoms with Crippen molar-refractivity contribution in [3.05, 3.63) is 101 Å². The number of halogens is 1. The van der Waals surface area contributed by atoms with Gasteiger partial charge in [0.25, 0.3) is 5.91 Å². The van der Waals surface area contributed by atoms with E-state index in [-0.39, 0.29) is 5.91 Å². The van der Waals surface area contributed by atoms with Crippen molar-refractivity contribution >= 4 is 17.5 Å². The Morgan fingerprint density at radius 3 is 2.39 bits per heavy atom. The lowest BCUT2D eigenvalue weighted by atomic mass is 10.1. The van der Waals surface area contributed by atoms with Gasteiger partial charge in [-0.3, -0.25) is 4.79 Å². The summed E-state index contributed by atoms with van der Waals surface area (Å²) >= 11 is 6.02. The SMILES string of the molecule is Cn1ccnc1[C@H](NC(=O)c1ccc(-n2cccn2)cc1)c1ccc(Cl)cc1. The Hall–Kier alpha value is -3.38. The first-order valence-corrected chi connectivity index (χ1v) is 9.13. The van der Waals surface area contributed by atoms with Gasteiger partial charge in [0.1, 0.15) is 11.9 Å². The molecule has 0 saturated carbocycles. The van der Waals surface area contributed by atoms with E-state index in [1.54, 1.807) is 41.3 Å². The first-order valence-electron chi connectivity index (χ1n) is 8.75. The summed E-state index contributed by atoms with van der Waals surface area (Å²) in [6, 6.07) is 16.1. The van der Waals surface area contributed by atoms with Gasteiger partial charge < -0.3 is 9.88 Å². The largest absolute Gasteiger partial charge is 0.338 e. The average molecular weight is 392 g/mol. The van der Waals surface area contributed by atoms with Crippen LogP contribution < -0.4 is 5.32 Å². The number of aryl methyl sites for hydroxylation is 1. The molecule has 28 heavy (non-hydrogen) atoms. The number of aromatic nitrogens is 4. The van der Waals surface area contributed by atoms with Gasteiger partial charge in [-0.05, 0) is 48.0 Å². The van der Waals surface area contributed by atoms with Crippen LogP contribution in [0.25, 0.3) is 5.69 Å². The number of rotatable bonds is 5. The third kappa shape index (κ3) is 3.68. The fraction of sp³-hybridized carbons (Fsp3) is 0.0952. The zero-order chi connectivity index (χ0) is 19.5. The van der Waals surface area contributed by atoms with Crippen molar-refractivity contribution in [2.24, 2.45) is 7.05 Å². The third-order valence-corrected chi connectivity index (χ3v) is 4.75. The second kappa shape index (κ2) is 7.70. The van der Waals surface area contributed by atoms with Crippen molar-refractivity contribution in [1.82, 2.24) is 24.6 Å². The minimum Gasteiger partial charge on any atom is -0.338 e. The summed E-state index contributed by atoms with van der Waals surface area (Å²) in [4.78, 5) is 17.3. The summed E-state index contributed by atoms with van der Waals surface area (Å²) in [6.45, 7) is 0. The summed E-state index contributed by atoms with van der Waals surface area (Å²) in [7, 11) is 1.90.